The van der Waals surface area contributed by atoms with Gasteiger partial charge in [0.2, 0.25) is 5.91 Å². The second-order valence-electron chi connectivity index (χ2n) is 6.43. The Kier molecular flexibility index (Phi) is 7.45. The molecule has 7 heteroatoms. The lowest BCUT2D eigenvalue weighted by atomic mass is 10.2. The van der Waals surface area contributed by atoms with Crippen molar-refractivity contribution in [1.82, 2.24) is 5.32 Å². The van der Waals surface area contributed by atoms with E-state index in [0.717, 1.165) is 17.1 Å². The summed E-state index contributed by atoms with van der Waals surface area (Å²) >= 11 is 1.62. The molecule has 3 aromatic rings. The third-order valence-electron chi connectivity index (χ3n) is 4.18. The second-order valence-corrected chi connectivity index (χ2v) is 7.60. The predicted molar refractivity (Wildman–Crippen MR) is 116 cm³/mol. The maximum Gasteiger partial charge on any atom is 0.251 e. The Hall–Kier alpha value is -3.32. The summed E-state index contributed by atoms with van der Waals surface area (Å²) in [6.07, 6.45) is 0.802. The molecule has 0 aliphatic heterocycles. The lowest BCUT2D eigenvalue weighted by molar-refractivity contribution is 0.0952. The second kappa shape index (κ2) is 10.5. The van der Waals surface area contributed by atoms with Crippen LogP contribution in [0.25, 0.3) is 0 Å². The van der Waals surface area contributed by atoms with E-state index < -0.39 is 5.91 Å². The quantitative estimate of drug-likeness (QED) is 0.388. The molecule has 0 unspecified atom stereocenters. The first-order chi connectivity index (χ1) is 14.5. The van der Waals surface area contributed by atoms with Gasteiger partial charge in [0.1, 0.15) is 17.3 Å². The largest absolute Gasteiger partial charge is 0.457 e. The number of carbonyl (C=O) groups is 2. The van der Waals surface area contributed by atoms with Gasteiger partial charge in [-0.1, -0.05) is 0 Å². The van der Waals surface area contributed by atoms with Gasteiger partial charge in [-0.15, -0.1) is 11.8 Å². The van der Waals surface area contributed by atoms with E-state index in [1.54, 1.807) is 72.4 Å². The Morgan fingerprint density at radius 1 is 0.867 bits per heavy atom. The van der Waals surface area contributed by atoms with Crippen molar-refractivity contribution in [3.05, 3.63) is 89.7 Å². The topological polar surface area (TPSA) is 81.4 Å². The van der Waals surface area contributed by atoms with Crippen LogP contribution in [0.2, 0.25) is 0 Å². The lowest BCUT2D eigenvalue weighted by Crippen LogP contribution is -2.24. The maximum absolute atomic E-state index is 12.9. The Balaban J connectivity index is 1.42. The van der Waals surface area contributed by atoms with Crippen molar-refractivity contribution in [2.24, 2.45) is 5.73 Å². The predicted octanol–water partition coefficient (Wildman–Crippen LogP) is 4.63. The molecule has 0 fully saturated rings. The van der Waals surface area contributed by atoms with Crippen LogP contribution in [0.1, 0.15) is 27.1 Å². The number of ether oxygens (including phenoxy) is 1. The van der Waals surface area contributed by atoms with Crippen molar-refractivity contribution < 1.29 is 18.7 Å². The smallest absolute Gasteiger partial charge is 0.251 e. The van der Waals surface area contributed by atoms with Gasteiger partial charge in [0, 0.05) is 22.6 Å². The molecule has 0 saturated carbocycles. The number of hydrogen-bond donors (Lipinski definition) is 2. The van der Waals surface area contributed by atoms with Crippen LogP contribution in [0.5, 0.6) is 11.5 Å². The third-order valence-corrected chi connectivity index (χ3v) is 5.28. The van der Waals surface area contributed by atoms with Crippen molar-refractivity contribution in [3.63, 3.8) is 0 Å². The summed E-state index contributed by atoms with van der Waals surface area (Å²) in [4.78, 5) is 24.3. The lowest BCUT2D eigenvalue weighted by Gasteiger charge is -2.08. The minimum absolute atomic E-state index is 0.154. The number of amides is 2. The van der Waals surface area contributed by atoms with Crippen LogP contribution in [0.15, 0.2) is 77.7 Å². The number of carbonyl (C=O) groups excluding carboxylic acids is 2. The molecule has 30 heavy (non-hydrogen) atoms. The number of halogens is 1. The Morgan fingerprint density at radius 2 is 1.43 bits per heavy atom. The summed E-state index contributed by atoms with van der Waals surface area (Å²) < 4.78 is 18.6. The van der Waals surface area contributed by atoms with E-state index in [0.29, 0.717) is 29.2 Å². The van der Waals surface area contributed by atoms with Crippen molar-refractivity contribution >= 4 is 23.6 Å². The van der Waals surface area contributed by atoms with Crippen LogP contribution in [0, 0.1) is 5.82 Å². The summed E-state index contributed by atoms with van der Waals surface area (Å²) in [6.45, 7) is 0.553. The average molecular weight is 424 g/mol. The molecule has 0 atom stereocenters. The normalized spacial score (nSPS) is 10.4. The van der Waals surface area contributed by atoms with E-state index in [9.17, 15) is 14.0 Å². The van der Waals surface area contributed by atoms with Gasteiger partial charge < -0.3 is 15.8 Å². The molecule has 0 aliphatic rings. The van der Waals surface area contributed by atoms with Gasteiger partial charge in [-0.25, -0.2) is 4.39 Å². The van der Waals surface area contributed by atoms with E-state index in [1.165, 1.54) is 12.1 Å². The minimum Gasteiger partial charge on any atom is -0.457 e. The number of hydrogen-bond acceptors (Lipinski definition) is 4. The van der Waals surface area contributed by atoms with Crippen molar-refractivity contribution in [1.29, 1.82) is 0 Å². The molecule has 0 aliphatic carbocycles. The van der Waals surface area contributed by atoms with Crippen molar-refractivity contribution in [2.75, 3.05) is 12.3 Å². The first-order valence-electron chi connectivity index (χ1n) is 9.35. The van der Waals surface area contributed by atoms with E-state index in [2.05, 4.69) is 5.32 Å². The minimum atomic E-state index is -0.494. The van der Waals surface area contributed by atoms with Crippen LogP contribution in [-0.4, -0.2) is 24.1 Å². The first-order valence-corrected chi connectivity index (χ1v) is 10.3. The Morgan fingerprint density at radius 3 is 2.00 bits per heavy atom. The zero-order valence-electron chi connectivity index (χ0n) is 16.1. The zero-order chi connectivity index (χ0) is 21.3. The molecule has 0 aromatic heterocycles. The zero-order valence-corrected chi connectivity index (χ0v) is 17.0. The molecule has 0 spiro atoms. The van der Waals surface area contributed by atoms with Gasteiger partial charge in [0.05, 0.1) is 0 Å². The van der Waals surface area contributed by atoms with Crippen LogP contribution in [0.3, 0.4) is 0 Å². The van der Waals surface area contributed by atoms with E-state index in [-0.39, 0.29) is 11.7 Å². The summed E-state index contributed by atoms with van der Waals surface area (Å²) in [5, 5.41) is 2.88. The van der Waals surface area contributed by atoms with Crippen LogP contribution < -0.4 is 15.8 Å². The molecule has 3 N–H and O–H groups in total. The van der Waals surface area contributed by atoms with Gasteiger partial charge in [0.25, 0.3) is 5.91 Å². The molecular weight excluding hydrogens is 403 g/mol. The first kappa shape index (κ1) is 21.4. The van der Waals surface area contributed by atoms with E-state index >= 15 is 0 Å². The monoisotopic (exact) mass is 424 g/mol. The number of benzene rings is 3. The van der Waals surface area contributed by atoms with Crippen LogP contribution in [-0.2, 0) is 0 Å². The Bertz CT molecular complexity index is 990. The highest BCUT2D eigenvalue weighted by Gasteiger charge is 2.06. The van der Waals surface area contributed by atoms with Gasteiger partial charge >= 0.3 is 0 Å². The fraction of sp³-hybridized carbons (Fsp3) is 0.130. The van der Waals surface area contributed by atoms with Gasteiger partial charge in [-0.05, 0) is 85.0 Å². The third kappa shape index (κ3) is 6.35. The molecule has 2 amide bonds. The molecule has 3 rings (SSSR count). The maximum atomic E-state index is 12.9. The van der Waals surface area contributed by atoms with Crippen LogP contribution >= 0.6 is 11.8 Å². The number of primary amides is 1. The summed E-state index contributed by atoms with van der Waals surface area (Å²) in [7, 11) is 0. The molecule has 0 radical (unpaired) electrons. The number of thioether (sulfide) groups is 1. The molecule has 3 aromatic carbocycles. The molecule has 5 nitrogen and oxygen atoms in total. The number of nitrogens with one attached hydrogen (secondary N) is 1. The number of nitrogens with two attached hydrogens (primary N) is 1. The van der Waals surface area contributed by atoms with Crippen molar-refractivity contribution in [3.8, 4) is 11.5 Å². The van der Waals surface area contributed by atoms with E-state index in [4.69, 9.17) is 10.5 Å². The molecular formula is C23H21FN2O3S. The summed E-state index contributed by atoms with van der Waals surface area (Å²) in [5.41, 5.74) is 6.16. The highest BCUT2D eigenvalue weighted by atomic mass is 32.2. The van der Waals surface area contributed by atoms with Gasteiger partial charge in [0.15, 0.2) is 0 Å². The van der Waals surface area contributed by atoms with Gasteiger partial charge in [-0.3, -0.25) is 9.59 Å². The fourth-order valence-electron chi connectivity index (χ4n) is 2.59. The van der Waals surface area contributed by atoms with Gasteiger partial charge in [-0.2, -0.15) is 0 Å². The molecule has 154 valence electrons. The fourth-order valence-corrected chi connectivity index (χ4v) is 3.45. The number of rotatable bonds is 9. The van der Waals surface area contributed by atoms with E-state index in [1.807, 2.05) is 0 Å². The molecule has 0 saturated heterocycles. The average Bonchev–Trinajstić information content (AvgIpc) is 2.75. The Labute approximate surface area is 178 Å². The van der Waals surface area contributed by atoms with Crippen molar-refractivity contribution in [2.45, 2.75) is 11.3 Å². The standard InChI is InChI=1S/C23H21FN2O3S/c24-18-6-12-21(13-7-18)30-15-1-14-26-23(28)17-4-10-20(11-5-17)29-19-8-2-16(3-9-19)22(25)27/h2-13H,1,14-15H2,(H2,25,27)(H,26,28). The molecule has 0 bridgehead atoms. The van der Waals surface area contributed by atoms with Crippen LogP contribution in [0.4, 0.5) is 4.39 Å². The highest BCUT2D eigenvalue weighted by Crippen LogP contribution is 2.22. The summed E-state index contributed by atoms with van der Waals surface area (Å²) in [5.74, 6) is 1.08. The summed E-state index contributed by atoms with van der Waals surface area (Å²) in [6, 6.07) is 19.7. The SMILES string of the molecule is NC(=O)c1ccc(Oc2ccc(C(=O)NCCCSc3ccc(F)cc3)cc2)cc1. The highest BCUT2D eigenvalue weighted by molar-refractivity contribution is 7.99. The molecule has 0 heterocycles.